The summed E-state index contributed by atoms with van der Waals surface area (Å²) < 4.78 is 6.00. The Balaban J connectivity index is 1.88. The van der Waals surface area contributed by atoms with E-state index in [1.807, 2.05) is 0 Å². The first-order valence-corrected chi connectivity index (χ1v) is 7.63. The summed E-state index contributed by atoms with van der Waals surface area (Å²) >= 11 is 0. The van der Waals surface area contributed by atoms with Crippen molar-refractivity contribution < 1.29 is 4.42 Å². The Bertz CT molecular complexity index is 393. The number of nitrogens with zero attached hydrogens (tertiary/aromatic N) is 1. The molecule has 1 aliphatic carbocycles. The molecule has 1 heterocycles. The SMILES string of the molecule is CCN(Cc1cc(C)c(CNCC(C)C)o1)C1CC1. The number of aryl methyl sites for hydroxylation is 1. The molecular weight excluding hydrogens is 236 g/mol. The molecule has 3 nitrogen and oxygen atoms in total. The largest absolute Gasteiger partial charge is 0.463 e. The van der Waals surface area contributed by atoms with Crippen LogP contribution in [0, 0.1) is 12.8 Å². The molecule has 0 amide bonds. The molecule has 19 heavy (non-hydrogen) atoms. The predicted molar refractivity (Wildman–Crippen MR) is 79.1 cm³/mol. The van der Waals surface area contributed by atoms with Gasteiger partial charge in [0.05, 0.1) is 13.1 Å². The molecule has 1 aliphatic rings. The van der Waals surface area contributed by atoms with Gasteiger partial charge in [-0.2, -0.15) is 0 Å². The van der Waals surface area contributed by atoms with Gasteiger partial charge in [-0.3, -0.25) is 4.90 Å². The summed E-state index contributed by atoms with van der Waals surface area (Å²) in [6.07, 6.45) is 2.71. The summed E-state index contributed by atoms with van der Waals surface area (Å²) in [5.74, 6) is 2.90. The molecule has 1 aromatic heterocycles. The number of rotatable bonds is 8. The van der Waals surface area contributed by atoms with Crippen LogP contribution in [-0.4, -0.2) is 24.0 Å². The molecule has 1 fully saturated rings. The second-order valence-electron chi connectivity index (χ2n) is 6.14. The Morgan fingerprint density at radius 1 is 1.42 bits per heavy atom. The highest BCUT2D eigenvalue weighted by Crippen LogP contribution is 2.28. The second-order valence-corrected chi connectivity index (χ2v) is 6.14. The van der Waals surface area contributed by atoms with Crippen LogP contribution in [-0.2, 0) is 13.1 Å². The molecule has 0 aromatic carbocycles. The Kier molecular flexibility index (Phi) is 5.06. The van der Waals surface area contributed by atoms with Crippen molar-refractivity contribution in [1.82, 2.24) is 10.2 Å². The number of hydrogen-bond donors (Lipinski definition) is 1. The molecule has 1 aromatic rings. The lowest BCUT2D eigenvalue weighted by atomic mass is 10.2. The van der Waals surface area contributed by atoms with E-state index in [1.54, 1.807) is 0 Å². The van der Waals surface area contributed by atoms with Crippen LogP contribution in [0.4, 0.5) is 0 Å². The minimum atomic E-state index is 0.681. The summed E-state index contributed by atoms with van der Waals surface area (Å²) in [5.41, 5.74) is 1.28. The fourth-order valence-electron chi connectivity index (χ4n) is 2.46. The van der Waals surface area contributed by atoms with Gasteiger partial charge in [-0.15, -0.1) is 0 Å². The van der Waals surface area contributed by atoms with Crippen molar-refractivity contribution in [1.29, 1.82) is 0 Å². The predicted octanol–water partition coefficient (Wildman–Crippen LogP) is 3.32. The van der Waals surface area contributed by atoms with Crippen molar-refractivity contribution >= 4 is 0 Å². The van der Waals surface area contributed by atoms with E-state index in [1.165, 1.54) is 18.4 Å². The van der Waals surface area contributed by atoms with E-state index in [-0.39, 0.29) is 0 Å². The maximum absolute atomic E-state index is 6.00. The van der Waals surface area contributed by atoms with Crippen LogP contribution in [0.2, 0.25) is 0 Å². The third-order valence-electron chi connectivity index (χ3n) is 3.74. The molecule has 108 valence electrons. The Morgan fingerprint density at radius 2 is 2.16 bits per heavy atom. The summed E-state index contributed by atoms with van der Waals surface area (Å²) in [5, 5.41) is 3.45. The fraction of sp³-hybridized carbons (Fsp3) is 0.750. The van der Waals surface area contributed by atoms with Gasteiger partial charge < -0.3 is 9.73 Å². The van der Waals surface area contributed by atoms with Crippen molar-refractivity contribution in [3.05, 3.63) is 23.2 Å². The zero-order valence-corrected chi connectivity index (χ0v) is 12.8. The van der Waals surface area contributed by atoms with Crippen LogP contribution >= 0.6 is 0 Å². The molecule has 1 N–H and O–H groups in total. The molecule has 0 atom stereocenters. The van der Waals surface area contributed by atoms with E-state index < -0.39 is 0 Å². The first kappa shape index (κ1) is 14.6. The van der Waals surface area contributed by atoms with Crippen LogP contribution in [0.15, 0.2) is 10.5 Å². The first-order valence-electron chi connectivity index (χ1n) is 7.63. The maximum atomic E-state index is 6.00. The maximum Gasteiger partial charge on any atom is 0.120 e. The molecule has 0 spiro atoms. The lowest BCUT2D eigenvalue weighted by molar-refractivity contribution is 0.242. The third-order valence-corrected chi connectivity index (χ3v) is 3.74. The van der Waals surface area contributed by atoms with Gasteiger partial charge in [0.1, 0.15) is 11.5 Å². The van der Waals surface area contributed by atoms with Crippen LogP contribution in [0.5, 0.6) is 0 Å². The van der Waals surface area contributed by atoms with Crippen molar-refractivity contribution in [3.63, 3.8) is 0 Å². The third kappa shape index (κ3) is 4.36. The van der Waals surface area contributed by atoms with Gasteiger partial charge in [-0.1, -0.05) is 20.8 Å². The van der Waals surface area contributed by atoms with E-state index >= 15 is 0 Å². The summed E-state index contributed by atoms with van der Waals surface area (Å²) in [6, 6.07) is 3.01. The normalized spacial score (nSPS) is 15.7. The summed E-state index contributed by atoms with van der Waals surface area (Å²) in [6.45, 7) is 12.8. The highest BCUT2D eigenvalue weighted by molar-refractivity contribution is 5.20. The monoisotopic (exact) mass is 264 g/mol. The molecule has 0 bridgehead atoms. The van der Waals surface area contributed by atoms with Gasteiger partial charge in [0, 0.05) is 6.04 Å². The zero-order valence-electron chi connectivity index (χ0n) is 12.8. The van der Waals surface area contributed by atoms with Crippen molar-refractivity contribution in [3.8, 4) is 0 Å². The minimum Gasteiger partial charge on any atom is -0.463 e. The van der Waals surface area contributed by atoms with Crippen molar-refractivity contribution in [2.24, 2.45) is 5.92 Å². The lowest BCUT2D eigenvalue weighted by Crippen LogP contribution is -2.24. The van der Waals surface area contributed by atoms with E-state index in [9.17, 15) is 0 Å². The first-order chi connectivity index (χ1) is 9.10. The number of hydrogen-bond acceptors (Lipinski definition) is 3. The van der Waals surface area contributed by atoms with Gasteiger partial charge in [-0.05, 0) is 50.4 Å². The van der Waals surface area contributed by atoms with Gasteiger partial charge in [0.2, 0.25) is 0 Å². The van der Waals surface area contributed by atoms with E-state index in [0.717, 1.165) is 43.7 Å². The van der Waals surface area contributed by atoms with Gasteiger partial charge in [0.15, 0.2) is 0 Å². The van der Waals surface area contributed by atoms with Crippen LogP contribution in [0.1, 0.15) is 50.7 Å². The number of furan rings is 1. The molecular formula is C16H28N2O. The summed E-state index contributed by atoms with van der Waals surface area (Å²) in [4.78, 5) is 2.52. The standard InChI is InChI=1S/C16H28N2O/c1-5-18(14-6-7-14)11-15-8-13(4)16(19-15)10-17-9-12(2)3/h8,12,14,17H,5-7,9-11H2,1-4H3. The van der Waals surface area contributed by atoms with Crippen molar-refractivity contribution in [2.75, 3.05) is 13.1 Å². The highest BCUT2D eigenvalue weighted by Gasteiger charge is 2.28. The van der Waals surface area contributed by atoms with E-state index in [4.69, 9.17) is 4.42 Å². The van der Waals surface area contributed by atoms with Gasteiger partial charge in [-0.25, -0.2) is 0 Å². The van der Waals surface area contributed by atoms with Gasteiger partial charge >= 0.3 is 0 Å². The Hall–Kier alpha value is -0.800. The molecule has 0 aliphatic heterocycles. The molecule has 3 heteroatoms. The fourth-order valence-corrected chi connectivity index (χ4v) is 2.46. The quantitative estimate of drug-likeness (QED) is 0.781. The average molecular weight is 264 g/mol. The topological polar surface area (TPSA) is 28.4 Å². The van der Waals surface area contributed by atoms with E-state index in [2.05, 4.69) is 44.0 Å². The van der Waals surface area contributed by atoms with E-state index in [0.29, 0.717) is 5.92 Å². The highest BCUT2D eigenvalue weighted by atomic mass is 16.3. The molecule has 0 saturated heterocycles. The smallest absolute Gasteiger partial charge is 0.120 e. The molecule has 1 saturated carbocycles. The molecule has 2 rings (SSSR count). The lowest BCUT2D eigenvalue weighted by Gasteiger charge is -2.17. The van der Waals surface area contributed by atoms with Crippen LogP contribution in [0.25, 0.3) is 0 Å². The zero-order chi connectivity index (χ0) is 13.8. The Morgan fingerprint density at radius 3 is 2.74 bits per heavy atom. The Labute approximate surface area is 117 Å². The minimum absolute atomic E-state index is 0.681. The van der Waals surface area contributed by atoms with Crippen LogP contribution in [0.3, 0.4) is 0 Å². The van der Waals surface area contributed by atoms with Crippen molar-refractivity contribution in [2.45, 2.75) is 59.7 Å². The van der Waals surface area contributed by atoms with Crippen LogP contribution < -0.4 is 5.32 Å². The molecule has 0 radical (unpaired) electrons. The summed E-state index contributed by atoms with van der Waals surface area (Å²) in [7, 11) is 0. The molecule has 0 unspecified atom stereocenters. The second kappa shape index (κ2) is 6.58. The number of nitrogens with one attached hydrogen (secondary N) is 1. The average Bonchev–Trinajstić information content (AvgIpc) is 3.13. The van der Waals surface area contributed by atoms with Gasteiger partial charge in [0.25, 0.3) is 0 Å².